The summed E-state index contributed by atoms with van der Waals surface area (Å²) in [6, 6.07) is 13.6. The van der Waals surface area contributed by atoms with Crippen molar-refractivity contribution in [3.05, 3.63) is 53.6 Å². The summed E-state index contributed by atoms with van der Waals surface area (Å²) in [6.45, 7) is 2.26. The van der Waals surface area contributed by atoms with Crippen LogP contribution in [0.4, 0.5) is 5.69 Å². The standard InChI is InChI=1S/C22H19N3O5S/c1-3-29-16-7-5-15(6-8-16)25-21(27)17(20(26)24-22(25)31)12-14-4-9-18(30-11-10-23)19(13-14)28-2/h4-9,12-13H,3,11H2,1-2H3,(H,24,26,31)/b17-12+. The van der Waals surface area contributed by atoms with Gasteiger partial charge in [0.2, 0.25) is 0 Å². The first kappa shape index (κ1) is 21.8. The van der Waals surface area contributed by atoms with Crippen molar-refractivity contribution in [3.63, 3.8) is 0 Å². The maximum Gasteiger partial charge on any atom is 0.270 e. The van der Waals surface area contributed by atoms with Gasteiger partial charge in [0.15, 0.2) is 23.2 Å². The number of rotatable bonds is 7. The van der Waals surface area contributed by atoms with Gasteiger partial charge >= 0.3 is 0 Å². The SMILES string of the molecule is CCOc1ccc(N2C(=O)/C(=C/c3ccc(OCC#N)c(OC)c3)C(=O)NC2=S)cc1. The highest BCUT2D eigenvalue weighted by atomic mass is 32.1. The molecule has 1 saturated heterocycles. The number of benzene rings is 2. The minimum atomic E-state index is -0.596. The third-order valence-electron chi connectivity index (χ3n) is 4.30. The molecule has 2 aromatic carbocycles. The Kier molecular flexibility index (Phi) is 6.85. The molecule has 3 rings (SSSR count). The van der Waals surface area contributed by atoms with Crippen LogP contribution in [0.1, 0.15) is 12.5 Å². The number of nitrogens with one attached hydrogen (secondary N) is 1. The summed E-state index contributed by atoms with van der Waals surface area (Å²) < 4.78 is 16.0. The molecular formula is C22H19N3O5S. The summed E-state index contributed by atoms with van der Waals surface area (Å²) in [5.41, 5.74) is 0.955. The zero-order chi connectivity index (χ0) is 22.4. The Morgan fingerprint density at radius 3 is 2.52 bits per heavy atom. The highest BCUT2D eigenvalue weighted by Crippen LogP contribution is 2.30. The van der Waals surface area contributed by atoms with E-state index >= 15 is 0 Å². The number of carbonyl (C=O) groups excluding carboxylic acids is 2. The van der Waals surface area contributed by atoms with Gasteiger partial charge in [0, 0.05) is 0 Å². The summed E-state index contributed by atoms with van der Waals surface area (Å²) >= 11 is 5.21. The van der Waals surface area contributed by atoms with Crippen molar-refractivity contribution in [2.45, 2.75) is 6.92 Å². The van der Waals surface area contributed by atoms with Crippen molar-refractivity contribution in [3.8, 4) is 23.3 Å². The molecule has 0 unspecified atom stereocenters. The molecule has 8 nitrogen and oxygen atoms in total. The third-order valence-corrected chi connectivity index (χ3v) is 4.58. The first-order chi connectivity index (χ1) is 15.0. The first-order valence-corrected chi connectivity index (χ1v) is 9.71. The average Bonchev–Trinajstić information content (AvgIpc) is 2.76. The van der Waals surface area contributed by atoms with E-state index in [0.29, 0.717) is 35.1 Å². The Morgan fingerprint density at radius 1 is 1.13 bits per heavy atom. The van der Waals surface area contributed by atoms with E-state index in [1.165, 1.54) is 18.1 Å². The molecule has 0 bridgehead atoms. The lowest BCUT2D eigenvalue weighted by atomic mass is 10.1. The van der Waals surface area contributed by atoms with E-state index in [1.54, 1.807) is 42.5 Å². The van der Waals surface area contributed by atoms with E-state index < -0.39 is 11.8 Å². The lowest BCUT2D eigenvalue weighted by Crippen LogP contribution is -2.54. The van der Waals surface area contributed by atoms with Gasteiger partial charge in [-0.05, 0) is 67.2 Å². The van der Waals surface area contributed by atoms with Crippen molar-refractivity contribution < 1.29 is 23.8 Å². The molecule has 158 valence electrons. The summed E-state index contributed by atoms with van der Waals surface area (Å²) in [5, 5.41) is 11.2. The van der Waals surface area contributed by atoms with Gasteiger partial charge in [-0.1, -0.05) is 6.07 Å². The fraction of sp³-hybridized carbons (Fsp3) is 0.182. The summed E-state index contributed by atoms with van der Waals surface area (Å²) in [7, 11) is 1.45. The van der Waals surface area contributed by atoms with Crippen LogP contribution in [0.15, 0.2) is 48.0 Å². The van der Waals surface area contributed by atoms with Gasteiger partial charge in [0.1, 0.15) is 17.4 Å². The van der Waals surface area contributed by atoms with Gasteiger partial charge in [-0.25, -0.2) is 0 Å². The number of hydrogen-bond acceptors (Lipinski definition) is 7. The van der Waals surface area contributed by atoms with Crippen molar-refractivity contribution in [2.75, 3.05) is 25.2 Å². The van der Waals surface area contributed by atoms with Crippen LogP contribution in [-0.2, 0) is 9.59 Å². The highest BCUT2D eigenvalue weighted by molar-refractivity contribution is 7.80. The summed E-state index contributed by atoms with van der Waals surface area (Å²) in [4.78, 5) is 26.8. The number of amides is 2. The Labute approximate surface area is 184 Å². The molecule has 0 atom stereocenters. The van der Waals surface area contributed by atoms with Crippen LogP contribution in [0.2, 0.25) is 0 Å². The fourth-order valence-corrected chi connectivity index (χ4v) is 3.20. The molecule has 0 aliphatic carbocycles. The van der Waals surface area contributed by atoms with Crippen LogP contribution < -0.4 is 24.4 Å². The maximum atomic E-state index is 13.1. The van der Waals surface area contributed by atoms with E-state index in [4.69, 9.17) is 31.7 Å². The van der Waals surface area contributed by atoms with Gasteiger partial charge in [-0.2, -0.15) is 5.26 Å². The van der Waals surface area contributed by atoms with E-state index in [-0.39, 0.29) is 17.3 Å². The third kappa shape index (κ3) is 4.82. The molecule has 1 aliphatic rings. The first-order valence-electron chi connectivity index (χ1n) is 9.30. The van der Waals surface area contributed by atoms with Crippen LogP contribution in [-0.4, -0.2) is 37.3 Å². The van der Waals surface area contributed by atoms with Gasteiger partial charge in [-0.15, -0.1) is 0 Å². The number of nitriles is 1. The average molecular weight is 437 g/mol. The monoisotopic (exact) mass is 437 g/mol. The quantitative estimate of drug-likeness (QED) is 0.404. The van der Waals surface area contributed by atoms with Crippen LogP contribution >= 0.6 is 12.2 Å². The number of anilines is 1. The Balaban J connectivity index is 1.92. The normalized spacial score (nSPS) is 14.8. The zero-order valence-electron chi connectivity index (χ0n) is 16.9. The lowest BCUT2D eigenvalue weighted by molar-refractivity contribution is -0.122. The number of carbonyl (C=O) groups is 2. The molecule has 9 heteroatoms. The highest BCUT2D eigenvalue weighted by Gasteiger charge is 2.34. The predicted molar refractivity (Wildman–Crippen MR) is 118 cm³/mol. The van der Waals surface area contributed by atoms with Crippen LogP contribution in [0.5, 0.6) is 17.2 Å². The number of ether oxygens (including phenoxy) is 3. The molecule has 0 saturated carbocycles. The Morgan fingerprint density at radius 2 is 1.87 bits per heavy atom. The second-order valence-electron chi connectivity index (χ2n) is 6.24. The van der Waals surface area contributed by atoms with Crippen molar-refractivity contribution in [1.82, 2.24) is 5.32 Å². The van der Waals surface area contributed by atoms with E-state index in [9.17, 15) is 9.59 Å². The molecular weight excluding hydrogens is 418 g/mol. The Bertz CT molecular complexity index is 1090. The maximum absolute atomic E-state index is 13.1. The predicted octanol–water partition coefficient (Wildman–Crippen LogP) is 2.83. The smallest absolute Gasteiger partial charge is 0.270 e. The van der Waals surface area contributed by atoms with E-state index in [0.717, 1.165) is 0 Å². The fourth-order valence-electron chi connectivity index (χ4n) is 2.92. The number of hydrogen-bond donors (Lipinski definition) is 1. The minimum absolute atomic E-state index is 0.00542. The molecule has 2 aromatic rings. The molecule has 0 spiro atoms. The van der Waals surface area contributed by atoms with Crippen molar-refractivity contribution >= 4 is 40.9 Å². The van der Waals surface area contributed by atoms with E-state index in [1.807, 2.05) is 13.0 Å². The molecule has 1 N–H and O–H groups in total. The largest absolute Gasteiger partial charge is 0.494 e. The molecule has 1 aliphatic heterocycles. The summed E-state index contributed by atoms with van der Waals surface area (Å²) in [5.74, 6) is 0.254. The zero-order valence-corrected chi connectivity index (χ0v) is 17.7. The van der Waals surface area contributed by atoms with Gasteiger partial charge in [-0.3, -0.25) is 19.8 Å². The van der Waals surface area contributed by atoms with Gasteiger partial charge in [0.25, 0.3) is 11.8 Å². The number of methoxy groups -OCH3 is 1. The topological polar surface area (TPSA) is 101 Å². The lowest BCUT2D eigenvalue weighted by Gasteiger charge is -2.29. The number of thiocarbonyl (C=S) groups is 1. The second-order valence-corrected chi connectivity index (χ2v) is 6.63. The van der Waals surface area contributed by atoms with Crippen molar-refractivity contribution in [1.29, 1.82) is 5.26 Å². The van der Waals surface area contributed by atoms with Crippen molar-refractivity contribution in [2.24, 2.45) is 0 Å². The van der Waals surface area contributed by atoms with Gasteiger partial charge in [0.05, 0.1) is 19.4 Å². The second kappa shape index (κ2) is 9.73. The molecule has 1 fully saturated rings. The minimum Gasteiger partial charge on any atom is -0.494 e. The number of nitrogens with zero attached hydrogens (tertiary/aromatic N) is 2. The van der Waals surface area contributed by atoms with Crippen LogP contribution in [0, 0.1) is 11.3 Å². The van der Waals surface area contributed by atoms with Gasteiger partial charge < -0.3 is 14.2 Å². The molecule has 2 amide bonds. The molecule has 31 heavy (non-hydrogen) atoms. The van der Waals surface area contributed by atoms with E-state index in [2.05, 4.69) is 5.32 Å². The van der Waals surface area contributed by atoms with Crippen LogP contribution in [0.25, 0.3) is 6.08 Å². The Hall–Kier alpha value is -3.90. The molecule has 0 radical (unpaired) electrons. The summed E-state index contributed by atoms with van der Waals surface area (Å²) in [6.07, 6.45) is 1.44. The molecule has 1 heterocycles. The van der Waals surface area contributed by atoms with Crippen LogP contribution in [0.3, 0.4) is 0 Å². The molecule has 0 aromatic heterocycles.